The molecule has 0 aliphatic carbocycles. The summed E-state index contributed by atoms with van der Waals surface area (Å²) in [4.78, 5) is 14.6. The highest BCUT2D eigenvalue weighted by molar-refractivity contribution is 8.00. The molecule has 0 atom stereocenters. The molecule has 1 N–H and O–H groups in total. The first-order valence-corrected chi connectivity index (χ1v) is 9.34. The molecule has 0 unspecified atom stereocenters. The van der Waals surface area contributed by atoms with Crippen LogP contribution in [0.25, 0.3) is 0 Å². The van der Waals surface area contributed by atoms with Gasteiger partial charge in [-0.1, -0.05) is 6.07 Å². The van der Waals surface area contributed by atoms with Crippen molar-refractivity contribution in [3.05, 3.63) is 24.3 Å². The Morgan fingerprint density at radius 1 is 1.29 bits per heavy atom. The summed E-state index contributed by atoms with van der Waals surface area (Å²) >= 11 is 1.36. The number of nitrogens with zero attached hydrogens (tertiary/aromatic N) is 2. The van der Waals surface area contributed by atoms with Gasteiger partial charge in [-0.3, -0.25) is 4.79 Å². The molecule has 0 radical (unpaired) electrons. The van der Waals surface area contributed by atoms with Crippen LogP contribution in [-0.2, 0) is 14.8 Å². The van der Waals surface area contributed by atoms with Gasteiger partial charge in [0.1, 0.15) is 5.75 Å². The second-order valence-corrected chi connectivity index (χ2v) is 7.86. The van der Waals surface area contributed by atoms with Crippen molar-refractivity contribution in [1.29, 1.82) is 0 Å². The fraction of sp³-hybridized carbons (Fsp3) is 0.462. The van der Waals surface area contributed by atoms with E-state index >= 15 is 0 Å². The highest BCUT2D eigenvalue weighted by Crippen LogP contribution is 2.22. The lowest BCUT2D eigenvalue weighted by atomic mass is 10.3. The number of aromatic hydroxyl groups is 1. The van der Waals surface area contributed by atoms with Crippen molar-refractivity contribution in [2.75, 3.05) is 38.2 Å². The maximum atomic E-state index is 12.1. The second-order valence-electron chi connectivity index (χ2n) is 4.83. The molecule has 0 aromatic heterocycles. The number of piperazine rings is 1. The number of thioether (sulfide) groups is 1. The molecule has 0 bridgehead atoms. The lowest BCUT2D eigenvalue weighted by Gasteiger charge is -2.33. The summed E-state index contributed by atoms with van der Waals surface area (Å²) in [7, 11) is -3.17. The van der Waals surface area contributed by atoms with Gasteiger partial charge >= 0.3 is 0 Å². The third-order valence-electron chi connectivity index (χ3n) is 3.24. The van der Waals surface area contributed by atoms with Crippen LogP contribution in [-0.4, -0.2) is 66.8 Å². The number of amides is 1. The molecular weight excluding hydrogens is 312 g/mol. The van der Waals surface area contributed by atoms with E-state index in [1.165, 1.54) is 22.3 Å². The van der Waals surface area contributed by atoms with E-state index < -0.39 is 10.0 Å². The number of sulfonamides is 1. The van der Waals surface area contributed by atoms with Crippen LogP contribution in [0.15, 0.2) is 29.2 Å². The van der Waals surface area contributed by atoms with Crippen molar-refractivity contribution >= 4 is 27.7 Å². The molecule has 1 aliphatic rings. The number of hydrogen-bond donors (Lipinski definition) is 1. The van der Waals surface area contributed by atoms with Crippen molar-refractivity contribution in [1.82, 2.24) is 9.21 Å². The van der Waals surface area contributed by atoms with E-state index in [9.17, 15) is 18.3 Å². The molecule has 1 fully saturated rings. The molecule has 116 valence electrons. The summed E-state index contributed by atoms with van der Waals surface area (Å²) in [6, 6.07) is 6.75. The second kappa shape index (κ2) is 6.67. The largest absolute Gasteiger partial charge is 0.508 e. The SMILES string of the molecule is CS(=O)(=O)N1CCN(C(=O)CSc2cccc(O)c2)CC1. The fourth-order valence-corrected chi connectivity index (χ4v) is 3.76. The van der Waals surface area contributed by atoms with E-state index in [1.807, 2.05) is 6.07 Å². The van der Waals surface area contributed by atoms with Crippen molar-refractivity contribution < 1.29 is 18.3 Å². The van der Waals surface area contributed by atoms with E-state index in [4.69, 9.17) is 0 Å². The van der Waals surface area contributed by atoms with Gasteiger partial charge < -0.3 is 10.0 Å². The van der Waals surface area contributed by atoms with Crippen molar-refractivity contribution in [3.63, 3.8) is 0 Å². The standard InChI is InChI=1S/C13H18N2O4S2/c1-21(18,19)15-7-5-14(6-8-15)13(17)10-20-12-4-2-3-11(16)9-12/h2-4,9,16H,5-8,10H2,1H3. The Hall–Kier alpha value is -1.25. The van der Waals surface area contributed by atoms with Crippen LogP contribution in [0.1, 0.15) is 0 Å². The Morgan fingerprint density at radius 2 is 1.95 bits per heavy atom. The molecule has 2 rings (SSSR count). The van der Waals surface area contributed by atoms with Gasteiger partial charge in [0.25, 0.3) is 0 Å². The van der Waals surface area contributed by atoms with Crippen LogP contribution in [0.3, 0.4) is 0 Å². The quantitative estimate of drug-likeness (QED) is 0.818. The Morgan fingerprint density at radius 3 is 2.52 bits per heavy atom. The normalized spacial score (nSPS) is 16.9. The number of hydrogen-bond acceptors (Lipinski definition) is 5. The fourth-order valence-electron chi connectivity index (χ4n) is 2.08. The minimum absolute atomic E-state index is 0.0171. The number of phenolic OH excluding ortho intramolecular Hbond substituents is 1. The molecule has 8 heteroatoms. The van der Waals surface area contributed by atoms with Gasteiger partial charge in [-0.25, -0.2) is 8.42 Å². The van der Waals surface area contributed by atoms with Crippen LogP contribution in [0.5, 0.6) is 5.75 Å². The summed E-state index contributed by atoms with van der Waals surface area (Å²) in [5, 5.41) is 9.36. The third-order valence-corrected chi connectivity index (χ3v) is 5.52. The number of carbonyl (C=O) groups is 1. The van der Waals surface area contributed by atoms with E-state index in [-0.39, 0.29) is 17.4 Å². The molecule has 0 spiro atoms. The minimum atomic E-state index is -3.17. The molecule has 1 aromatic rings. The highest BCUT2D eigenvalue weighted by atomic mass is 32.2. The average Bonchev–Trinajstić information content (AvgIpc) is 2.44. The predicted octanol–water partition coefficient (Wildman–Crippen LogP) is 0.588. The van der Waals surface area contributed by atoms with Crippen LogP contribution < -0.4 is 0 Å². The van der Waals surface area contributed by atoms with Gasteiger partial charge in [-0.05, 0) is 18.2 Å². The van der Waals surface area contributed by atoms with Gasteiger partial charge in [0.15, 0.2) is 0 Å². The Bertz CT molecular complexity index is 610. The Balaban J connectivity index is 1.83. The summed E-state index contributed by atoms with van der Waals surface area (Å²) in [5.74, 6) is 0.438. The maximum Gasteiger partial charge on any atom is 0.233 e. The molecule has 21 heavy (non-hydrogen) atoms. The number of phenols is 1. The van der Waals surface area contributed by atoms with Crippen molar-refractivity contribution in [2.24, 2.45) is 0 Å². The van der Waals surface area contributed by atoms with Gasteiger partial charge in [0.2, 0.25) is 15.9 Å². The molecule has 1 aromatic carbocycles. The smallest absolute Gasteiger partial charge is 0.233 e. The summed E-state index contributed by atoms with van der Waals surface area (Å²) in [6.45, 7) is 1.54. The zero-order valence-corrected chi connectivity index (χ0v) is 13.4. The minimum Gasteiger partial charge on any atom is -0.508 e. The van der Waals surface area contributed by atoms with Gasteiger partial charge in [0, 0.05) is 31.1 Å². The Kier molecular flexibility index (Phi) is 5.13. The lowest BCUT2D eigenvalue weighted by molar-refractivity contribution is -0.129. The van der Waals surface area contributed by atoms with Gasteiger partial charge in [0.05, 0.1) is 12.0 Å². The van der Waals surface area contributed by atoms with Crippen LogP contribution >= 0.6 is 11.8 Å². The first-order valence-electron chi connectivity index (χ1n) is 6.51. The van der Waals surface area contributed by atoms with Crippen LogP contribution in [0, 0.1) is 0 Å². The first kappa shape index (κ1) is 16.1. The maximum absolute atomic E-state index is 12.1. The zero-order chi connectivity index (χ0) is 15.5. The summed E-state index contributed by atoms with van der Waals surface area (Å²) < 4.78 is 24.2. The van der Waals surface area contributed by atoms with Crippen LogP contribution in [0.2, 0.25) is 0 Å². The molecule has 1 amide bonds. The number of rotatable bonds is 4. The average molecular weight is 330 g/mol. The van der Waals surface area contributed by atoms with Crippen molar-refractivity contribution in [3.8, 4) is 5.75 Å². The van der Waals surface area contributed by atoms with Gasteiger partial charge in [-0.15, -0.1) is 11.8 Å². The predicted molar refractivity (Wildman–Crippen MR) is 81.8 cm³/mol. The first-order chi connectivity index (χ1) is 9.86. The molecule has 6 nitrogen and oxygen atoms in total. The summed E-state index contributed by atoms with van der Waals surface area (Å²) in [6.07, 6.45) is 1.18. The zero-order valence-electron chi connectivity index (χ0n) is 11.7. The molecule has 1 heterocycles. The van der Waals surface area contributed by atoms with E-state index in [0.717, 1.165) is 4.90 Å². The van der Waals surface area contributed by atoms with Crippen LogP contribution in [0.4, 0.5) is 0 Å². The van der Waals surface area contributed by atoms with E-state index in [1.54, 1.807) is 23.1 Å². The number of carbonyl (C=O) groups excluding carboxylic acids is 1. The van der Waals surface area contributed by atoms with Crippen molar-refractivity contribution in [2.45, 2.75) is 4.90 Å². The molecule has 0 saturated carbocycles. The molecule has 1 aliphatic heterocycles. The molecular formula is C13H18N2O4S2. The number of benzene rings is 1. The molecule has 1 saturated heterocycles. The highest BCUT2D eigenvalue weighted by Gasteiger charge is 2.25. The monoisotopic (exact) mass is 330 g/mol. The van der Waals surface area contributed by atoms with E-state index in [2.05, 4.69) is 0 Å². The third kappa shape index (κ3) is 4.62. The summed E-state index contributed by atoms with van der Waals surface area (Å²) in [5.41, 5.74) is 0. The topological polar surface area (TPSA) is 77.9 Å². The Labute approximate surface area is 128 Å². The van der Waals surface area contributed by atoms with E-state index in [0.29, 0.717) is 26.2 Å². The van der Waals surface area contributed by atoms with Gasteiger partial charge in [-0.2, -0.15) is 4.31 Å². The lowest BCUT2D eigenvalue weighted by Crippen LogP contribution is -2.50.